The highest BCUT2D eigenvalue weighted by molar-refractivity contribution is 7.98. The summed E-state index contributed by atoms with van der Waals surface area (Å²) < 4.78 is 12.9. The molecule has 22 heavy (non-hydrogen) atoms. The number of benzene rings is 1. The number of aliphatic hydroxyl groups excluding tert-OH is 1. The summed E-state index contributed by atoms with van der Waals surface area (Å²) in [6, 6.07) is 9.68. The van der Waals surface area contributed by atoms with Crippen LogP contribution in [0.25, 0.3) is 0 Å². The van der Waals surface area contributed by atoms with E-state index in [0.717, 1.165) is 5.56 Å². The zero-order chi connectivity index (χ0) is 15.8. The first-order valence-corrected chi connectivity index (χ1v) is 7.90. The van der Waals surface area contributed by atoms with Crippen LogP contribution in [0, 0.1) is 5.82 Å². The molecule has 2 rings (SSSR count). The lowest BCUT2D eigenvalue weighted by Gasteiger charge is -2.08. The normalized spacial score (nSPS) is 10.5. The first kappa shape index (κ1) is 16.5. The van der Waals surface area contributed by atoms with Crippen LogP contribution in [0.2, 0.25) is 0 Å². The van der Waals surface area contributed by atoms with Crippen LogP contribution in [-0.2, 0) is 5.75 Å². The molecule has 1 heterocycles. The van der Waals surface area contributed by atoms with E-state index in [2.05, 4.69) is 10.3 Å². The number of amides is 1. The van der Waals surface area contributed by atoms with E-state index in [9.17, 15) is 9.18 Å². The van der Waals surface area contributed by atoms with Crippen molar-refractivity contribution in [3.8, 4) is 0 Å². The van der Waals surface area contributed by atoms with Crippen molar-refractivity contribution >= 4 is 17.7 Å². The smallest absolute Gasteiger partial charge is 0.254 e. The lowest BCUT2D eigenvalue weighted by atomic mass is 10.2. The van der Waals surface area contributed by atoms with Gasteiger partial charge in [0.05, 0.1) is 5.56 Å². The van der Waals surface area contributed by atoms with E-state index in [1.54, 1.807) is 30.5 Å². The molecule has 0 fully saturated rings. The second-order valence-electron chi connectivity index (χ2n) is 4.60. The number of rotatable bonds is 7. The van der Waals surface area contributed by atoms with E-state index in [4.69, 9.17) is 5.11 Å². The maximum absolute atomic E-state index is 12.9. The van der Waals surface area contributed by atoms with Gasteiger partial charge in [0, 0.05) is 25.1 Å². The van der Waals surface area contributed by atoms with Gasteiger partial charge in [0.25, 0.3) is 5.91 Å². The van der Waals surface area contributed by atoms with Crippen LogP contribution in [0.3, 0.4) is 0 Å². The highest BCUT2D eigenvalue weighted by Gasteiger charge is 2.12. The molecule has 2 N–H and O–H groups in total. The number of nitrogens with zero attached hydrogens (tertiary/aromatic N) is 1. The van der Waals surface area contributed by atoms with Gasteiger partial charge in [-0.05, 0) is 36.2 Å². The number of carbonyl (C=O) groups is 1. The number of halogens is 1. The fourth-order valence-electron chi connectivity index (χ4n) is 1.79. The molecule has 0 saturated carbocycles. The molecule has 2 aromatic rings. The van der Waals surface area contributed by atoms with Crippen LogP contribution >= 0.6 is 11.8 Å². The minimum atomic E-state index is -0.268. The van der Waals surface area contributed by atoms with Gasteiger partial charge in [-0.2, -0.15) is 0 Å². The second kappa shape index (κ2) is 8.51. The van der Waals surface area contributed by atoms with Crippen molar-refractivity contribution in [2.45, 2.75) is 17.2 Å². The Morgan fingerprint density at radius 1 is 1.27 bits per heavy atom. The van der Waals surface area contributed by atoms with Gasteiger partial charge in [0.2, 0.25) is 0 Å². The largest absolute Gasteiger partial charge is 0.396 e. The predicted octanol–water partition coefficient (Wildman–Crippen LogP) is 2.63. The maximum Gasteiger partial charge on any atom is 0.254 e. The average Bonchev–Trinajstić information content (AvgIpc) is 2.55. The molecule has 116 valence electrons. The Labute approximate surface area is 132 Å². The number of thioether (sulfide) groups is 1. The quantitative estimate of drug-likeness (QED) is 0.608. The van der Waals surface area contributed by atoms with Crippen molar-refractivity contribution in [3.63, 3.8) is 0 Å². The highest BCUT2D eigenvalue weighted by Crippen LogP contribution is 2.24. The highest BCUT2D eigenvalue weighted by atomic mass is 32.2. The van der Waals surface area contributed by atoms with E-state index >= 15 is 0 Å². The van der Waals surface area contributed by atoms with Gasteiger partial charge in [-0.1, -0.05) is 12.1 Å². The van der Waals surface area contributed by atoms with Crippen LogP contribution < -0.4 is 5.32 Å². The molecular formula is C16H17FN2O2S. The molecule has 0 atom stereocenters. The molecule has 6 heteroatoms. The Morgan fingerprint density at radius 3 is 2.77 bits per heavy atom. The first-order chi connectivity index (χ1) is 10.7. The molecule has 4 nitrogen and oxygen atoms in total. The zero-order valence-corrected chi connectivity index (χ0v) is 12.8. The molecule has 0 spiro atoms. The SMILES string of the molecule is O=C(NCCCO)c1cccnc1SCc1ccc(F)cc1. The van der Waals surface area contributed by atoms with E-state index in [1.165, 1.54) is 23.9 Å². The van der Waals surface area contributed by atoms with Gasteiger partial charge in [0.1, 0.15) is 10.8 Å². The van der Waals surface area contributed by atoms with E-state index in [0.29, 0.717) is 29.3 Å². The molecule has 0 aliphatic carbocycles. The lowest BCUT2D eigenvalue weighted by Crippen LogP contribution is -2.25. The summed E-state index contributed by atoms with van der Waals surface area (Å²) in [6.45, 7) is 0.464. The maximum atomic E-state index is 12.9. The van der Waals surface area contributed by atoms with Crippen LogP contribution in [0.5, 0.6) is 0 Å². The van der Waals surface area contributed by atoms with Gasteiger partial charge < -0.3 is 10.4 Å². The van der Waals surface area contributed by atoms with E-state index in [1.807, 2.05) is 0 Å². The van der Waals surface area contributed by atoms with Crippen molar-refractivity contribution < 1.29 is 14.3 Å². The third-order valence-corrected chi connectivity index (χ3v) is 4.00. The average molecular weight is 320 g/mol. The van der Waals surface area contributed by atoms with Gasteiger partial charge in [-0.15, -0.1) is 11.8 Å². The Balaban J connectivity index is 2.01. The standard InChI is InChI=1S/C16H17FN2O2S/c17-13-6-4-12(5-7-13)11-22-16-14(3-1-8-19-16)15(21)18-9-2-10-20/h1,3-8,20H,2,9-11H2,(H,18,21). The Kier molecular flexibility index (Phi) is 6.36. The Hall–Kier alpha value is -1.92. The molecular weight excluding hydrogens is 303 g/mol. The summed E-state index contributed by atoms with van der Waals surface area (Å²) in [6.07, 6.45) is 2.15. The molecule has 1 aromatic carbocycles. The first-order valence-electron chi connectivity index (χ1n) is 6.92. The van der Waals surface area contributed by atoms with Crippen LogP contribution in [0.1, 0.15) is 22.3 Å². The van der Waals surface area contributed by atoms with Crippen molar-refractivity contribution in [3.05, 3.63) is 59.5 Å². The number of pyridine rings is 1. The van der Waals surface area contributed by atoms with Crippen LogP contribution in [0.4, 0.5) is 4.39 Å². The van der Waals surface area contributed by atoms with E-state index < -0.39 is 0 Å². The third kappa shape index (κ3) is 4.82. The summed E-state index contributed by atoms with van der Waals surface area (Å²) in [4.78, 5) is 16.3. The molecule has 1 amide bonds. The number of nitrogens with one attached hydrogen (secondary N) is 1. The number of hydrogen-bond donors (Lipinski definition) is 2. The minimum absolute atomic E-state index is 0.0412. The van der Waals surface area contributed by atoms with Gasteiger partial charge >= 0.3 is 0 Å². The molecule has 0 bridgehead atoms. The van der Waals surface area contributed by atoms with Crippen molar-refractivity contribution in [2.24, 2.45) is 0 Å². The number of carbonyl (C=O) groups excluding carboxylic acids is 1. The van der Waals surface area contributed by atoms with Gasteiger partial charge in [0.15, 0.2) is 0 Å². The Morgan fingerprint density at radius 2 is 2.05 bits per heavy atom. The summed E-state index contributed by atoms with van der Waals surface area (Å²) in [5, 5.41) is 12.1. The monoisotopic (exact) mass is 320 g/mol. The van der Waals surface area contributed by atoms with Crippen molar-refractivity contribution in [2.75, 3.05) is 13.2 Å². The van der Waals surface area contributed by atoms with Gasteiger partial charge in [-0.3, -0.25) is 4.79 Å². The summed E-state index contributed by atoms with van der Waals surface area (Å²) in [7, 11) is 0. The Bertz CT molecular complexity index is 620. The molecule has 1 aromatic heterocycles. The summed E-state index contributed by atoms with van der Waals surface area (Å²) >= 11 is 1.43. The second-order valence-corrected chi connectivity index (χ2v) is 5.57. The fraction of sp³-hybridized carbons (Fsp3) is 0.250. The lowest BCUT2D eigenvalue weighted by molar-refractivity contribution is 0.0947. The fourth-order valence-corrected chi connectivity index (χ4v) is 2.73. The minimum Gasteiger partial charge on any atom is -0.396 e. The molecule has 0 aliphatic rings. The summed E-state index contributed by atoms with van der Waals surface area (Å²) in [5.74, 6) is 0.132. The number of hydrogen-bond acceptors (Lipinski definition) is 4. The predicted molar refractivity (Wildman–Crippen MR) is 84.2 cm³/mol. The topological polar surface area (TPSA) is 62.2 Å². The van der Waals surface area contributed by atoms with Gasteiger partial charge in [-0.25, -0.2) is 9.37 Å². The molecule has 0 aliphatic heterocycles. The summed E-state index contributed by atoms with van der Waals surface area (Å²) in [5.41, 5.74) is 1.47. The van der Waals surface area contributed by atoms with Crippen molar-refractivity contribution in [1.29, 1.82) is 0 Å². The number of aromatic nitrogens is 1. The van der Waals surface area contributed by atoms with Crippen molar-refractivity contribution in [1.82, 2.24) is 10.3 Å². The van der Waals surface area contributed by atoms with Crippen LogP contribution in [0.15, 0.2) is 47.6 Å². The van der Waals surface area contributed by atoms with E-state index in [-0.39, 0.29) is 18.3 Å². The molecule has 0 saturated heterocycles. The number of aliphatic hydroxyl groups is 1. The van der Waals surface area contributed by atoms with Crippen LogP contribution in [-0.4, -0.2) is 29.1 Å². The zero-order valence-electron chi connectivity index (χ0n) is 12.0. The third-order valence-electron chi connectivity index (χ3n) is 2.93. The molecule has 0 unspecified atom stereocenters. The molecule has 0 radical (unpaired) electrons.